The van der Waals surface area contributed by atoms with E-state index in [2.05, 4.69) is 19.2 Å². The van der Waals surface area contributed by atoms with Crippen LogP contribution in [-0.4, -0.2) is 50.6 Å². The lowest BCUT2D eigenvalue weighted by atomic mass is 10.0. The first-order chi connectivity index (χ1) is 12.6. The van der Waals surface area contributed by atoms with Crippen LogP contribution in [0.3, 0.4) is 0 Å². The normalized spacial score (nSPS) is 12.0. The number of ether oxygens (including phenoxy) is 1. The molecule has 0 heterocycles. The van der Waals surface area contributed by atoms with Crippen molar-refractivity contribution < 1.29 is 14.3 Å². The molecule has 0 aliphatic heterocycles. The molecule has 26 heavy (non-hydrogen) atoms. The van der Waals surface area contributed by atoms with Gasteiger partial charge in [0.1, 0.15) is 5.92 Å². The first-order valence-electron chi connectivity index (χ1n) is 10.6. The summed E-state index contributed by atoms with van der Waals surface area (Å²) in [7, 11) is 3.39. The van der Waals surface area contributed by atoms with Gasteiger partial charge in [-0.25, -0.2) is 0 Å². The van der Waals surface area contributed by atoms with Gasteiger partial charge in [0.15, 0.2) is 0 Å². The number of amides is 2. The van der Waals surface area contributed by atoms with Crippen LogP contribution in [0.5, 0.6) is 0 Å². The van der Waals surface area contributed by atoms with Crippen LogP contribution in [-0.2, 0) is 14.3 Å². The van der Waals surface area contributed by atoms with Gasteiger partial charge in [0.05, 0.1) is 0 Å². The number of hydrogen-bond acceptors (Lipinski definition) is 3. The van der Waals surface area contributed by atoms with E-state index in [0.717, 1.165) is 25.8 Å². The molecule has 0 bridgehead atoms. The van der Waals surface area contributed by atoms with Gasteiger partial charge in [0.2, 0.25) is 11.8 Å². The highest BCUT2D eigenvalue weighted by Gasteiger charge is 2.28. The van der Waals surface area contributed by atoms with E-state index in [0.29, 0.717) is 19.6 Å². The first-order valence-corrected chi connectivity index (χ1v) is 10.6. The predicted molar refractivity (Wildman–Crippen MR) is 108 cm³/mol. The average molecular weight is 371 g/mol. The maximum absolute atomic E-state index is 12.6. The molecule has 0 aliphatic rings. The maximum atomic E-state index is 12.6. The molecule has 5 heteroatoms. The van der Waals surface area contributed by atoms with Crippen molar-refractivity contribution in [1.82, 2.24) is 10.2 Å². The Balaban J connectivity index is 4.14. The van der Waals surface area contributed by atoms with Gasteiger partial charge in [-0.05, 0) is 19.3 Å². The first kappa shape index (κ1) is 24.9. The van der Waals surface area contributed by atoms with Gasteiger partial charge < -0.3 is 15.0 Å². The fourth-order valence-corrected chi connectivity index (χ4v) is 2.98. The highest BCUT2D eigenvalue weighted by molar-refractivity contribution is 6.00. The molecule has 0 rings (SSSR count). The van der Waals surface area contributed by atoms with Crippen molar-refractivity contribution in [3.63, 3.8) is 0 Å². The van der Waals surface area contributed by atoms with Gasteiger partial charge in [0, 0.05) is 33.9 Å². The number of unbranched alkanes of at least 4 members (excludes halogenated alkanes) is 8. The summed E-state index contributed by atoms with van der Waals surface area (Å²) in [6.45, 7) is 6.28. The molecule has 1 atom stereocenters. The summed E-state index contributed by atoms with van der Waals surface area (Å²) in [6, 6.07) is 0. The zero-order chi connectivity index (χ0) is 19.6. The molecule has 0 aromatic carbocycles. The Morgan fingerprint density at radius 2 is 1.46 bits per heavy atom. The van der Waals surface area contributed by atoms with E-state index in [1.165, 1.54) is 44.9 Å². The van der Waals surface area contributed by atoms with Crippen LogP contribution in [0.4, 0.5) is 0 Å². The number of carbonyl (C=O) groups excluding carboxylic acids is 2. The molecule has 0 saturated carbocycles. The van der Waals surface area contributed by atoms with Crippen LogP contribution >= 0.6 is 0 Å². The SMILES string of the molecule is CCCCCCCCN(C)C(=O)C(CCOCCCCCC)C(=O)NC. The fraction of sp³-hybridized carbons (Fsp3) is 0.905. The molecule has 0 aliphatic carbocycles. The van der Waals surface area contributed by atoms with E-state index in [9.17, 15) is 9.59 Å². The second-order valence-electron chi connectivity index (χ2n) is 7.16. The summed E-state index contributed by atoms with van der Waals surface area (Å²) in [6.07, 6.45) is 12.3. The van der Waals surface area contributed by atoms with Crippen LogP contribution in [0.15, 0.2) is 0 Å². The van der Waals surface area contributed by atoms with Gasteiger partial charge in [-0.2, -0.15) is 0 Å². The Morgan fingerprint density at radius 1 is 0.885 bits per heavy atom. The summed E-state index contributed by atoms with van der Waals surface area (Å²) >= 11 is 0. The highest BCUT2D eigenvalue weighted by Crippen LogP contribution is 2.11. The third kappa shape index (κ3) is 12.3. The van der Waals surface area contributed by atoms with Crippen LogP contribution in [0, 0.1) is 5.92 Å². The van der Waals surface area contributed by atoms with E-state index in [-0.39, 0.29) is 11.8 Å². The summed E-state index contributed by atoms with van der Waals surface area (Å²) in [5, 5.41) is 2.62. The van der Waals surface area contributed by atoms with Gasteiger partial charge in [0.25, 0.3) is 0 Å². The Morgan fingerprint density at radius 3 is 2.08 bits per heavy atom. The standard InChI is InChI=1S/C21H42N2O3/c1-5-7-9-11-12-13-16-23(4)21(25)19(20(24)22-3)15-18-26-17-14-10-8-6-2/h19H,5-18H2,1-4H3,(H,22,24). The smallest absolute Gasteiger partial charge is 0.234 e. The lowest BCUT2D eigenvalue weighted by molar-refractivity contribution is -0.142. The summed E-state index contributed by atoms with van der Waals surface area (Å²) in [4.78, 5) is 26.4. The van der Waals surface area contributed by atoms with Gasteiger partial charge in [-0.15, -0.1) is 0 Å². The predicted octanol–water partition coefficient (Wildman–Crippen LogP) is 4.15. The van der Waals surface area contributed by atoms with E-state index in [1.54, 1.807) is 19.0 Å². The maximum Gasteiger partial charge on any atom is 0.234 e. The van der Waals surface area contributed by atoms with Crippen molar-refractivity contribution in [2.24, 2.45) is 5.92 Å². The lowest BCUT2D eigenvalue weighted by Gasteiger charge is -2.23. The molecule has 1 N–H and O–H groups in total. The molecule has 2 amide bonds. The summed E-state index contributed by atoms with van der Waals surface area (Å²) in [5.41, 5.74) is 0. The molecule has 0 aromatic rings. The third-order valence-electron chi connectivity index (χ3n) is 4.78. The van der Waals surface area contributed by atoms with Crippen LogP contribution in [0.2, 0.25) is 0 Å². The Labute approximate surface area is 161 Å². The van der Waals surface area contributed by atoms with Gasteiger partial charge in [-0.3, -0.25) is 9.59 Å². The Kier molecular flexibility index (Phi) is 16.6. The van der Waals surface area contributed by atoms with E-state index < -0.39 is 5.92 Å². The van der Waals surface area contributed by atoms with Crippen LogP contribution < -0.4 is 5.32 Å². The molecular formula is C21H42N2O3. The molecule has 0 spiro atoms. The topological polar surface area (TPSA) is 58.6 Å². The van der Waals surface area contributed by atoms with Gasteiger partial charge in [-0.1, -0.05) is 65.2 Å². The Hall–Kier alpha value is -1.10. The average Bonchev–Trinajstić information content (AvgIpc) is 2.65. The summed E-state index contributed by atoms with van der Waals surface area (Å²) in [5.74, 6) is -0.937. The summed E-state index contributed by atoms with van der Waals surface area (Å²) < 4.78 is 5.62. The molecule has 0 saturated heterocycles. The zero-order valence-corrected chi connectivity index (χ0v) is 17.6. The van der Waals surface area contributed by atoms with Gasteiger partial charge >= 0.3 is 0 Å². The van der Waals surface area contributed by atoms with Crippen molar-refractivity contribution in [1.29, 1.82) is 0 Å². The van der Waals surface area contributed by atoms with Crippen LogP contribution in [0.1, 0.15) is 84.5 Å². The third-order valence-corrected chi connectivity index (χ3v) is 4.78. The molecular weight excluding hydrogens is 328 g/mol. The molecule has 1 unspecified atom stereocenters. The van der Waals surface area contributed by atoms with Crippen molar-refractivity contribution >= 4 is 11.8 Å². The minimum Gasteiger partial charge on any atom is -0.381 e. The van der Waals surface area contributed by atoms with Crippen molar-refractivity contribution in [2.75, 3.05) is 33.9 Å². The second-order valence-corrected chi connectivity index (χ2v) is 7.16. The quantitative estimate of drug-likeness (QED) is 0.309. The Bertz CT molecular complexity index is 361. The van der Waals surface area contributed by atoms with E-state index in [1.807, 2.05) is 0 Å². The number of hydrogen-bond donors (Lipinski definition) is 1. The second kappa shape index (κ2) is 17.3. The monoisotopic (exact) mass is 370 g/mol. The number of nitrogens with zero attached hydrogens (tertiary/aromatic N) is 1. The van der Waals surface area contributed by atoms with E-state index >= 15 is 0 Å². The van der Waals surface area contributed by atoms with E-state index in [4.69, 9.17) is 4.74 Å². The van der Waals surface area contributed by atoms with Crippen molar-refractivity contribution in [3.8, 4) is 0 Å². The minimum atomic E-state index is -0.638. The molecule has 0 fully saturated rings. The number of rotatable bonds is 17. The van der Waals surface area contributed by atoms with Crippen molar-refractivity contribution in [3.05, 3.63) is 0 Å². The number of carbonyl (C=O) groups is 2. The lowest BCUT2D eigenvalue weighted by Crippen LogP contribution is -2.42. The fourth-order valence-electron chi connectivity index (χ4n) is 2.98. The van der Waals surface area contributed by atoms with Crippen molar-refractivity contribution in [2.45, 2.75) is 84.5 Å². The minimum absolute atomic E-state index is 0.0903. The molecule has 0 radical (unpaired) electrons. The highest BCUT2D eigenvalue weighted by atomic mass is 16.5. The number of nitrogens with one attached hydrogen (secondary N) is 1. The van der Waals surface area contributed by atoms with Crippen LogP contribution in [0.25, 0.3) is 0 Å². The zero-order valence-electron chi connectivity index (χ0n) is 17.6. The largest absolute Gasteiger partial charge is 0.381 e. The molecule has 154 valence electrons. The molecule has 0 aromatic heterocycles. The molecule has 5 nitrogen and oxygen atoms in total.